The Bertz CT molecular complexity index is 422. The minimum absolute atomic E-state index is 0.0266. The number of alkyl carbamates (subject to hydrolysis) is 1. The van der Waals surface area contributed by atoms with Gasteiger partial charge in [-0.3, -0.25) is 0 Å². The molecule has 1 spiro atoms. The molecule has 5 heteroatoms. The van der Waals surface area contributed by atoms with Crippen LogP contribution in [-0.4, -0.2) is 28.8 Å². The number of carbonyl (C=O) groups excluding carboxylic acids is 1. The Morgan fingerprint density at radius 3 is 2.38 bits per heavy atom. The second-order valence-corrected chi connectivity index (χ2v) is 7.82. The van der Waals surface area contributed by atoms with Crippen molar-refractivity contribution < 1.29 is 19.4 Å². The molecule has 2 N–H and O–H groups in total. The topological polar surface area (TPSA) is 75.6 Å². The van der Waals surface area contributed by atoms with Gasteiger partial charge < -0.3 is 15.2 Å². The Labute approximate surface area is 126 Å². The Morgan fingerprint density at radius 1 is 1.29 bits per heavy atom. The molecule has 1 amide bonds. The van der Waals surface area contributed by atoms with Gasteiger partial charge in [0.15, 0.2) is 0 Å². The molecule has 2 fully saturated rings. The number of aliphatic carboxylic acids is 1. The Morgan fingerprint density at radius 2 is 1.90 bits per heavy atom. The fraction of sp³-hybridized carbons (Fsp3) is 0.875. The van der Waals surface area contributed by atoms with Crippen molar-refractivity contribution >= 4 is 12.1 Å². The number of carboxylic acids is 1. The average Bonchev–Trinajstić information content (AvgIpc) is 3.04. The van der Waals surface area contributed by atoms with Gasteiger partial charge in [0.1, 0.15) is 11.6 Å². The third-order valence-electron chi connectivity index (χ3n) is 4.74. The second kappa shape index (κ2) is 5.50. The van der Waals surface area contributed by atoms with Crippen molar-refractivity contribution in [3.8, 4) is 0 Å². The van der Waals surface area contributed by atoms with Gasteiger partial charge in [0, 0.05) is 0 Å². The number of hydrogen-bond donors (Lipinski definition) is 2. The van der Waals surface area contributed by atoms with E-state index >= 15 is 0 Å². The van der Waals surface area contributed by atoms with Crippen LogP contribution in [0.2, 0.25) is 0 Å². The van der Waals surface area contributed by atoms with Crippen LogP contribution in [0.5, 0.6) is 0 Å². The van der Waals surface area contributed by atoms with E-state index in [0.717, 1.165) is 32.1 Å². The number of ether oxygens (including phenoxy) is 1. The van der Waals surface area contributed by atoms with Gasteiger partial charge in [-0.1, -0.05) is 13.3 Å². The number of carboxylic acid groups (broad SMARTS) is 1. The van der Waals surface area contributed by atoms with Crippen LogP contribution in [0.1, 0.15) is 59.8 Å². The molecule has 3 atom stereocenters. The minimum atomic E-state index is -0.952. The number of carbonyl (C=O) groups is 2. The summed E-state index contributed by atoms with van der Waals surface area (Å²) in [4.78, 5) is 23.5. The molecule has 2 saturated carbocycles. The highest BCUT2D eigenvalue weighted by Gasteiger charge is 2.55. The maximum Gasteiger partial charge on any atom is 0.408 e. The molecule has 120 valence electrons. The van der Waals surface area contributed by atoms with Crippen molar-refractivity contribution in [2.45, 2.75) is 71.4 Å². The molecule has 0 aromatic heterocycles. The lowest BCUT2D eigenvalue weighted by molar-refractivity contribution is -0.142. The third-order valence-corrected chi connectivity index (χ3v) is 4.74. The molecule has 0 aromatic carbocycles. The highest BCUT2D eigenvalue weighted by molar-refractivity contribution is 5.80. The zero-order valence-corrected chi connectivity index (χ0v) is 13.4. The first-order valence-electron chi connectivity index (χ1n) is 7.85. The number of amides is 1. The highest BCUT2D eigenvalue weighted by Crippen LogP contribution is 2.61. The van der Waals surface area contributed by atoms with Crippen LogP contribution in [0, 0.1) is 17.3 Å². The van der Waals surface area contributed by atoms with E-state index < -0.39 is 23.7 Å². The fourth-order valence-corrected chi connectivity index (χ4v) is 3.74. The molecule has 2 rings (SSSR count). The lowest BCUT2D eigenvalue weighted by atomic mass is 9.69. The van der Waals surface area contributed by atoms with Crippen LogP contribution in [-0.2, 0) is 9.53 Å². The van der Waals surface area contributed by atoms with Crippen molar-refractivity contribution in [2.24, 2.45) is 17.3 Å². The van der Waals surface area contributed by atoms with Gasteiger partial charge in [0.25, 0.3) is 0 Å². The molecule has 0 bridgehead atoms. The van der Waals surface area contributed by atoms with Gasteiger partial charge in [-0.2, -0.15) is 0 Å². The summed E-state index contributed by atoms with van der Waals surface area (Å²) in [5.74, 6) is -0.273. The normalized spacial score (nSPS) is 28.8. The quantitative estimate of drug-likeness (QED) is 0.839. The van der Waals surface area contributed by atoms with Crippen molar-refractivity contribution in [1.29, 1.82) is 0 Å². The van der Waals surface area contributed by atoms with E-state index in [1.807, 2.05) is 0 Å². The zero-order chi connectivity index (χ0) is 15.8. The first-order chi connectivity index (χ1) is 9.63. The fourth-order valence-electron chi connectivity index (χ4n) is 3.74. The lowest BCUT2D eigenvalue weighted by Gasteiger charge is -2.38. The Kier molecular flexibility index (Phi) is 4.22. The minimum Gasteiger partial charge on any atom is -0.480 e. The summed E-state index contributed by atoms with van der Waals surface area (Å²) >= 11 is 0. The predicted molar refractivity (Wildman–Crippen MR) is 79.0 cm³/mol. The molecule has 0 heterocycles. The Balaban J connectivity index is 2.06. The second-order valence-electron chi connectivity index (χ2n) is 7.82. The van der Waals surface area contributed by atoms with Gasteiger partial charge in [0.05, 0.1) is 0 Å². The first-order valence-corrected chi connectivity index (χ1v) is 7.85. The predicted octanol–water partition coefficient (Wildman–Crippen LogP) is 3.18. The van der Waals surface area contributed by atoms with Crippen LogP contribution >= 0.6 is 0 Å². The van der Waals surface area contributed by atoms with E-state index in [9.17, 15) is 14.7 Å². The molecule has 0 saturated heterocycles. The molecule has 3 unspecified atom stereocenters. The zero-order valence-electron chi connectivity index (χ0n) is 13.4. The van der Waals surface area contributed by atoms with Crippen molar-refractivity contribution in [3.05, 3.63) is 0 Å². The molecule has 0 aliphatic heterocycles. The van der Waals surface area contributed by atoms with Gasteiger partial charge in [-0.15, -0.1) is 0 Å². The molecule has 2 aliphatic rings. The summed E-state index contributed by atoms with van der Waals surface area (Å²) in [6, 6.07) is -0.838. The Hall–Kier alpha value is -1.26. The summed E-state index contributed by atoms with van der Waals surface area (Å²) in [5.41, 5.74) is -0.485. The van der Waals surface area contributed by atoms with Crippen molar-refractivity contribution in [3.63, 3.8) is 0 Å². The molecular formula is C16H27NO4. The smallest absolute Gasteiger partial charge is 0.408 e. The van der Waals surface area contributed by atoms with Gasteiger partial charge in [-0.25, -0.2) is 9.59 Å². The lowest BCUT2D eigenvalue weighted by Crippen LogP contribution is -2.51. The summed E-state index contributed by atoms with van der Waals surface area (Å²) in [6.07, 6.45) is 4.52. The molecular weight excluding hydrogens is 270 g/mol. The number of hydrogen-bond acceptors (Lipinski definition) is 3. The van der Waals surface area contributed by atoms with E-state index in [-0.39, 0.29) is 11.3 Å². The average molecular weight is 297 g/mol. The summed E-state index contributed by atoms with van der Waals surface area (Å²) < 4.78 is 5.21. The summed E-state index contributed by atoms with van der Waals surface area (Å²) in [5, 5.41) is 12.1. The number of nitrogens with one attached hydrogen (secondary N) is 1. The molecule has 2 aliphatic carbocycles. The van der Waals surface area contributed by atoms with Crippen LogP contribution < -0.4 is 5.32 Å². The van der Waals surface area contributed by atoms with Crippen LogP contribution in [0.3, 0.4) is 0 Å². The molecule has 0 radical (unpaired) electrons. The van der Waals surface area contributed by atoms with E-state index in [2.05, 4.69) is 12.2 Å². The van der Waals surface area contributed by atoms with Crippen molar-refractivity contribution in [2.75, 3.05) is 0 Å². The van der Waals surface area contributed by atoms with Gasteiger partial charge in [-0.05, 0) is 63.7 Å². The van der Waals surface area contributed by atoms with Gasteiger partial charge in [0.2, 0.25) is 0 Å². The largest absolute Gasteiger partial charge is 0.480 e. The van der Waals surface area contributed by atoms with E-state index in [1.54, 1.807) is 20.8 Å². The van der Waals surface area contributed by atoms with E-state index in [0.29, 0.717) is 5.92 Å². The monoisotopic (exact) mass is 297 g/mol. The van der Waals surface area contributed by atoms with Crippen molar-refractivity contribution in [1.82, 2.24) is 5.32 Å². The number of rotatable bonds is 3. The molecule has 21 heavy (non-hydrogen) atoms. The van der Waals surface area contributed by atoms with Gasteiger partial charge >= 0.3 is 12.1 Å². The highest BCUT2D eigenvalue weighted by atomic mass is 16.6. The maximum absolute atomic E-state index is 11.9. The third kappa shape index (κ3) is 3.89. The standard InChI is InChI=1S/C16H27NO4/c1-10-5-6-11(16(9-10)7-8-16)12(13(18)19)17-14(20)21-15(2,3)4/h10-12H,5-9H2,1-4H3,(H,17,20)(H,18,19). The molecule has 0 aromatic rings. The van der Waals surface area contributed by atoms with Crippen LogP contribution in [0.15, 0.2) is 0 Å². The summed E-state index contributed by atoms with van der Waals surface area (Å²) in [6.45, 7) is 7.54. The van der Waals surface area contributed by atoms with E-state index in [1.165, 1.54) is 0 Å². The van der Waals surface area contributed by atoms with E-state index in [4.69, 9.17) is 4.74 Å². The van der Waals surface area contributed by atoms with Crippen LogP contribution in [0.25, 0.3) is 0 Å². The maximum atomic E-state index is 11.9. The molecule has 5 nitrogen and oxygen atoms in total. The van der Waals surface area contributed by atoms with Crippen LogP contribution in [0.4, 0.5) is 4.79 Å². The summed E-state index contributed by atoms with van der Waals surface area (Å²) in [7, 11) is 0. The first kappa shape index (κ1) is 16.1. The SMILES string of the molecule is CC1CCC(C(NC(=O)OC(C)(C)C)C(=O)O)C2(CC2)C1.